The number of anilines is 1. The molecule has 2 amide bonds. The third-order valence-corrected chi connectivity index (χ3v) is 6.07. The van der Waals surface area contributed by atoms with E-state index in [1.807, 2.05) is 5.32 Å². The topological polar surface area (TPSA) is 116 Å². The van der Waals surface area contributed by atoms with E-state index in [1.54, 1.807) is 6.92 Å². The molecule has 0 fully saturated rings. The number of carbonyl (C=O) groups is 2. The number of hydrogen-bond acceptors (Lipinski definition) is 5. The van der Waals surface area contributed by atoms with Crippen LogP contribution in [-0.2, 0) is 15.6 Å². The zero-order valence-corrected chi connectivity index (χ0v) is 18.4. The minimum absolute atomic E-state index is 0.184. The van der Waals surface area contributed by atoms with Crippen LogP contribution < -0.4 is 10.6 Å². The number of aliphatic hydroxyl groups is 2. The number of halogens is 4. The molecule has 2 aromatic rings. The summed E-state index contributed by atoms with van der Waals surface area (Å²) in [5, 5.41) is 22.7. The van der Waals surface area contributed by atoms with E-state index < -0.39 is 40.4 Å². The summed E-state index contributed by atoms with van der Waals surface area (Å²) in [6, 6.07) is 9.04. The summed E-state index contributed by atoms with van der Waals surface area (Å²) in [5.74, 6) is -2.13. The maximum Gasteiger partial charge on any atom is 0.426 e. The number of rotatable bonds is 7. The number of benzene rings is 2. The summed E-state index contributed by atoms with van der Waals surface area (Å²) < 4.78 is 51.1. The highest BCUT2D eigenvalue weighted by Crippen LogP contribution is 2.33. The Morgan fingerprint density at radius 1 is 1.12 bits per heavy atom. The third kappa shape index (κ3) is 5.85. The first-order valence-electron chi connectivity index (χ1n) is 9.11. The van der Waals surface area contributed by atoms with Gasteiger partial charge in [0, 0.05) is 21.4 Å². The van der Waals surface area contributed by atoms with Crippen molar-refractivity contribution in [2.45, 2.75) is 41.5 Å². The molecule has 174 valence electrons. The predicted molar refractivity (Wildman–Crippen MR) is 112 cm³/mol. The molecule has 0 heterocycles. The highest BCUT2D eigenvalue weighted by molar-refractivity contribution is 7.85. The number of amides is 2. The van der Waals surface area contributed by atoms with Crippen LogP contribution in [0.15, 0.2) is 52.3 Å². The molecule has 0 bridgehead atoms. The van der Waals surface area contributed by atoms with E-state index in [1.165, 1.54) is 36.4 Å². The number of alkyl halides is 3. The van der Waals surface area contributed by atoms with Crippen molar-refractivity contribution in [2.75, 3.05) is 11.9 Å². The molecule has 3 atom stereocenters. The lowest BCUT2D eigenvalue weighted by Crippen LogP contribution is -2.52. The summed E-state index contributed by atoms with van der Waals surface area (Å²) >= 11 is 6.01. The first-order valence-corrected chi connectivity index (χ1v) is 10.6. The Labute approximate surface area is 189 Å². The second-order valence-electron chi connectivity index (χ2n) is 7.02. The lowest BCUT2D eigenvalue weighted by molar-refractivity contribution is -0.242. The van der Waals surface area contributed by atoms with Crippen LogP contribution in [0.25, 0.3) is 0 Å². The molecule has 2 aromatic carbocycles. The minimum atomic E-state index is -5.19. The van der Waals surface area contributed by atoms with Crippen molar-refractivity contribution in [3.8, 4) is 0 Å². The molecule has 0 radical (unpaired) electrons. The van der Waals surface area contributed by atoms with Gasteiger partial charge in [-0.1, -0.05) is 11.6 Å². The molecule has 12 heteroatoms. The first-order chi connectivity index (χ1) is 14.8. The van der Waals surface area contributed by atoms with Gasteiger partial charge in [0.15, 0.2) is 0 Å². The van der Waals surface area contributed by atoms with E-state index in [0.717, 1.165) is 6.07 Å². The van der Waals surface area contributed by atoms with E-state index in [4.69, 9.17) is 16.7 Å². The number of nitrogens with one attached hydrogen (secondary N) is 2. The number of aliphatic hydroxyl groups excluding tert-OH is 1. The molecule has 0 aromatic heterocycles. The predicted octanol–water partition coefficient (Wildman–Crippen LogP) is 2.87. The second kappa shape index (κ2) is 9.99. The Morgan fingerprint density at radius 2 is 1.69 bits per heavy atom. The summed E-state index contributed by atoms with van der Waals surface area (Å²) in [6.45, 7) is 1.72. The zero-order chi connectivity index (χ0) is 24.3. The van der Waals surface area contributed by atoms with Gasteiger partial charge in [-0.05, 0) is 56.3 Å². The van der Waals surface area contributed by atoms with Crippen molar-refractivity contribution >= 4 is 39.9 Å². The Hall–Kier alpha value is -2.47. The van der Waals surface area contributed by atoms with Crippen LogP contribution >= 0.6 is 11.6 Å². The van der Waals surface area contributed by atoms with E-state index in [0.29, 0.717) is 17.4 Å². The van der Waals surface area contributed by atoms with Gasteiger partial charge in [0.25, 0.3) is 11.8 Å². The molecule has 2 unspecified atom stereocenters. The van der Waals surface area contributed by atoms with Crippen LogP contribution in [0.3, 0.4) is 0 Å². The Balaban J connectivity index is 2.16. The Bertz CT molecular complexity index is 1030. The fourth-order valence-electron chi connectivity index (χ4n) is 2.30. The molecule has 2 rings (SSSR count). The minimum Gasteiger partial charge on any atom is -0.394 e. The molecular formula is C20H20ClF3N2O5S. The third-order valence-electron chi connectivity index (χ3n) is 4.38. The van der Waals surface area contributed by atoms with Gasteiger partial charge in [0.1, 0.15) is 0 Å². The molecule has 0 aliphatic heterocycles. The molecular weight excluding hydrogens is 473 g/mol. The Morgan fingerprint density at radius 3 is 2.19 bits per heavy atom. The molecule has 0 saturated carbocycles. The molecule has 0 saturated heterocycles. The van der Waals surface area contributed by atoms with E-state index in [2.05, 4.69) is 5.32 Å². The average Bonchev–Trinajstić information content (AvgIpc) is 2.73. The molecule has 4 N–H and O–H groups in total. The van der Waals surface area contributed by atoms with Crippen LogP contribution in [0.4, 0.5) is 18.9 Å². The standard InChI is InChI=1S/C20H20ClF3N2O5S/c1-11(10-27)25-17(28)12-3-5-13(6-4-12)32(31)14-7-8-16(15(21)9-14)26-18(29)19(2,30)20(22,23)24/h3-9,11,27,30H,10H2,1-2H3,(H,25,28)(H,26,29)/t11?,19-,32?/m1/s1. The van der Waals surface area contributed by atoms with Gasteiger partial charge in [-0.3, -0.25) is 9.59 Å². The van der Waals surface area contributed by atoms with Gasteiger partial charge in [-0.2, -0.15) is 13.2 Å². The monoisotopic (exact) mass is 492 g/mol. The second-order valence-corrected chi connectivity index (χ2v) is 8.90. The Kier molecular flexibility index (Phi) is 8.05. The summed E-state index contributed by atoms with van der Waals surface area (Å²) in [7, 11) is -1.74. The van der Waals surface area contributed by atoms with Crippen molar-refractivity contribution in [3.63, 3.8) is 0 Å². The van der Waals surface area contributed by atoms with Crippen molar-refractivity contribution in [1.29, 1.82) is 0 Å². The lowest BCUT2D eigenvalue weighted by atomic mass is 10.1. The molecule has 32 heavy (non-hydrogen) atoms. The van der Waals surface area contributed by atoms with Crippen LogP contribution in [-0.4, -0.2) is 50.7 Å². The zero-order valence-electron chi connectivity index (χ0n) is 16.9. The van der Waals surface area contributed by atoms with Crippen LogP contribution in [0.5, 0.6) is 0 Å². The SMILES string of the molecule is CC(CO)NC(=O)c1ccc(S(=O)c2ccc(NC(=O)[C@@](C)(O)C(F)(F)F)c(Cl)c2)cc1. The van der Waals surface area contributed by atoms with Crippen molar-refractivity contribution in [2.24, 2.45) is 0 Å². The highest BCUT2D eigenvalue weighted by atomic mass is 35.5. The van der Waals surface area contributed by atoms with Gasteiger partial charge in [0.2, 0.25) is 5.60 Å². The van der Waals surface area contributed by atoms with Crippen LogP contribution in [0.2, 0.25) is 5.02 Å². The van der Waals surface area contributed by atoms with Gasteiger partial charge < -0.3 is 20.8 Å². The van der Waals surface area contributed by atoms with Gasteiger partial charge in [0.05, 0.1) is 28.1 Å². The molecule has 7 nitrogen and oxygen atoms in total. The fraction of sp³-hybridized carbons (Fsp3) is 0.300. The van der Waals surface area contributed by atoms with Crippen molar-refractivity contribution in [1.82, 2.24) is 5.32 Å². The van der Waals surface area contributed by atoms with Gasteiger partial charge in [-0.25, -0.2) is 4.21 Å². The normalized spacial score (nSPS) is 15.4. The smallest absolute Gasteiger partial charge is 0.394 e. The highest BCUT2D eigenvalue weighted by Gasteiger charge is 2.55. The maximum atomic E-state index is 12.8. The lowest BCUT2D eigenvalue weighted by Gasteiger charge is -2.25. The molecule has 0 spiro atoms. The summed E-state index contributed by atoms with van der Waals surface area (Å²) in [5.41, 5.74) is -3.54. The van der Waals surface area contributed by atoms with Crippen LogP contribution in [0, 0.1) is 0 Å². The van der Waals surface area contributed by atoms with E-state index in [9.17, 15) is 32.1 Å². The van der Waals surface area contributed by atoms with Gasteiger partial charge >= 0.3 is 6.18 Å². The summed E-state index contributed by atoms with van der Waals surface area (Å²) in [6.07, 6.45) is -5.19. The first kappa shape index (κ1) is 25.8. The maximum absolute atomic E-state index is 12.8. The van der Waals surface area contributed by atoms with Crippen molar-refractivity contribution in [3.05, 3.63) is 53.1 Å². The number of carbonyl (C=O) groups excluding carboxylic acids is 2. The van der Waals surface area contributed by atoms with Crippen LogP contribution in [0.1, 0.15) is 24.2 Å². The van der Waals surface area contributed by atoms with E-state index >= 15 is 0 Å². The van der Waals surface area contributed by atoms with Crippen molar-refractivity contribution < 1.29 is 37.2 Å². The molecule has 0 aliphatic rings. The quantitative estimate of drug-likeness (QED) is 0.474. The van der Waals surface area contributed by atoms with E-state index in [-0.39, 0.29) is 22.2 Å². The number of hydrogen-bond donors (Lipinski definition) is 4. The largest absolute Gasteiger partial charge is 0.426 e. The fourth-order valence-corrected chi connectivity index (χ4v) is 3.67. The average molecular weight is 493 g/mol. The summed E-state index contributed by atoms with van der Waals surface area (Å²) in [4.78, 5) is 24.3. The van der Waals surface area contributed by atoms with Gasteiger partial charge in [-0.15, -0.1) is 0 Å². The molecule has 0 aliphatic carbocycles.